The molecule has 0 heterocycles. The summed E-state index contributed by atoms with van der Waals surface area (Å²) in [5, 5.41) is 2.72. The highest BCUT2D eigenvalue weighted by Gasteiger charge is 2.19. The molecular weight excluding hydrogens is 294 g/mol. The molecule has 1 unspecified atom stereocenters. The number of carbonyl (C=O) groups excluding carboxylic acids is 2. The second kappa shape index (κ2) is 9.20. The number of methoxy groups -OCH3 is 1. The number of nitrogens with two attached hydrogens (primary N) is 1. The van der Waals surface area contributed by atoms with Crippen LogP contribution in [0, 0.1) is 0 Å². The van der Waals surface area contributed by atoms with Crippen LogP contribution in [-0.4, -0.2) is 43.0 Å². The summed E-state index contributed by atoms with van der Waals surface area (Å²) in [6, 6.07) is 6.48. The molecule has 7 heteroatoms. The molecule has 1 aromatic carbocycles. The highest BCUT2D eigenvalue weighted by atomic mass is 35.5. The molecule has 21 heavy (non-hydrogen) atoms. The maximum atomic E-state index is 12.0. The first-order chi connectivity index (χ1) is 9.49. The van der Waals surface area contributed by atoms with Crippen LogP contribution >= 0.6 is 12.4 Å². The Kier molecular flexibility index (Phi) is 8.42. The Morgan fingerprint density at radius 1 is 1.38 bits per heavy atom. The summed E-state index contributed by atoms with van der Waals surface area (Å²) in [5.74, 6) is 0.0374. The van der Waals surface area contributed by atoms with Crippen molar-refractivity contribution in [3.63, 3.8) is 0 Å². The lowest BCUT2D eigenvalue weighted by molar-refractivity contribution is -0.135. The van der Waals surface area contributed by atoms with Crippen LogP contribution in [-0.2, 0) is 9.59 Å². The number of anilines is 1. The van der Waals surface area contributed by atoms with Crippen molar-refractivity contribution < 1.29 is 14.3 Å². The molecule has 0 saturated carbocycles. The number of amides is 2. The number of para-hydroxylation sites is 2. The quantitative estimate of drug-likeness (QED) is 0.827. The number of carbonyl (C=O) groups is 2. The number of halogens is 1. The van der Waals surface area contributed by atoms with Gasteiger partial charge in [0, 0.05) is 6.54 Å². The minimum Gasteiger partial charge on any atom is -0.495 e. The van der Waals surface area contributed by atoms with Crippen LogP contribution in [0.25, 0.3) is 0 Å². The third kappa shape index (κ3) is 5.61. The van der Waals surface area contributed by atoms with Gasteiger partial charge in [0.1, 0.15) is 5.75 Å². The van der Waals surface area contributed by atoms with Gasteiger partial charge in [0.15, 0.2) is 0 Å². The molecule has 6 nitrogen and oxygen atoms in total. The Bertz CT molecular complexity index is 480. The van der Waals surface area contributed by atoms with E-state index < -0.39 is 6.04 Å². The van der Waals surface area contributed by atoms with E-state index in [-0.39, 0.29) is 30.8 Å². The van der Waals surface area contributed by atoms with Crippen molar-refractivity contribution >= 4 is 29.9 Å². The largest absolute Gasteiger partial charge is 0.495 e. The number of ether oxygens (including phenoxy) is 1. The number of hydrogen-bond acceptors (Lipinski definition) is 4. The number of nitrogens with zero attached hydrogens (tertiary/aromatic N) is 1. The maximum absolute atomic E-state index is 12.0. The summed E-state index contributed by atoms with van der Waals surface area (Å²) in [5.41, 5.74) is 6.12. The fourth-order valence-electron chi connectivity index (χ4n) is 1.74. The average Bonchev–Trinajstić information content (AvgIpc) is 2.44. The maximum Gasteiger partial charge on any atom is 0.244 e. The number of hydrogen-bond donors (Lipinski definition) is 2. The standard InChI is InChI=1S/C14H21N3O3.ClH/c1-4-17(14(19)10(2)15)9-13(18)16-11-7-5-6-8-12(11)20-3;/h5-8,10H,4,9,15H2,1-3H3,(H,16,18);1H. The molecular formula is C14H22ClN3O3. The first-order valence-electron chi connectivity index (χ1n) is 6.46. The summed E-state index contributed by atoms with van der Waals surface area (Å²) in [7, 11) is 1.53. The second-order valence-corrected chi connectivity index (χ2v) is 4.39. The Morgan fingerprint density at radius 2 is 2.00 bits per heavy atom. The third-order valence-corrected chi connectivity index (χ3v) is 2.80. The van der Waals surface area contributed by atoms with E-state index >= 15 is 0 Å². The van der Waals surface area contributed by atoms with Crippen LogP contribution in [0.3, 0.4) is 0 Å². The minimum atomic E-state index is -0.617. The fraction of sp³-hybridized carbons (Fsp3) is 0.429. The average molecular weight is 316 g/mol. The van der Waals surface area contributed by atoms with Gasteiger partial charge in [-0.15, -0.1) is 12.4 Å². The molecule has 1 rings (SSSR count). The van der Waals surface area contributed by atoms with Crippen LogP contribution in [0.15, 0.2) is 24.3 Å². The molecule has 118 valence electrons. The molecule has 0 bridgehead atoms. The lowest BCUT2D eigenvalue weighted by Crippen LogP contribution is -2.45. The Morgan fingerprint density at radius 3 is 2.52 bits per heavy atom. The molecule has 0 radical (unpaired) electrons. The van der Waals surface area contributed by atoms with Gasteiger partial charge < -0.3 is 20.7 Å². The number of likely N-dealkylation sites (N-methyl/N-ethyl adjacent to an activating group) is 1. The zero-order valence-corrected chi connectivity index (χ0v) is 13.3. The van der Waals surface area contributed by atoms with Crippen LogP contribution in [0.1, 0.15) is 13.8 Å². The van der Waals surface area contributed by atoms with Gasteiger partial charge in [-0.2, -0.15) is 0 Å². The van der Waals surface area contributed by atoms with Crippen molar-refractivity contribution in [2.75, 3.05) is 25.5 Å². The highest BCUT2D eigenvalue weighted by Crippen LogP contribution is 2.22. The van der Waals surface area contributed by atoms with Gasteiger partial charge in [-0.05, 0) is 26.0 Å². The summed E-state index contributed by atoms with van der Waals surface area (Å²) >= 11 is 0. The summed E-state index contributed by atoms with van der Waals surface area (Å²) in [4.78, 5) is 25.2. The van der Waals surface area contributed by atoms with E-state index in [1.807, 2.05) is 6.07 Å². The highest BCUT2D eigenvalue weighted by molar-refractivity contribution is 5.96. The molecule has 0 fully saturated rings. The first-order valence-corrected chi connectivity index (χ1v) is 6.46. The minimum absolute atomic E-state index is 0. The Balaban J connectivity index is 0.00000400. The van der Waals surface area contributed by atoms with E-state index in [1.165, 1.54) is 12.0 Å². The van der Waals surface area contributed by atoms with Gasteiger partial charge in [-0.1, -0.05) is 12.1 Å². The molecule has 1 aromatic rings. The van der Waals surface area contributed by atoms with Crippen LogP contribution in [0.5, 0.6) is 5.75 Å². The first kappa shape index (κ1) is 19.2. The van der Waals surface area contributed by atoms with E-state index in [1.54, 1.807) is 32.0 Å². The topological polar surface area (TPSA) is 84.7 Å². The fourth-order valence-corrected chi connectivity index (χ4v) is 1.74. The van der Waals surface area contributed by atoms with Crippen molar-refractivity contribution in [1.82, 2.24) is 4.90 Å². The lowest BCUT2D eigenvalue weighted by atomic mass is 10.2. The van der Waals surface area contributed by atoms with Crippen LogP contribution in [0.4, 0.5) is 5.69 Å². The van der Waals surface area contributed by atoms with E-state index in [2.05, 4.69) is 5.32 Å². The van der Waals surface area contributed by atoms with Gasteiger partial charge in [0.25, 0.3) is 0 Å². The smallest absolute Gasteiger partial charge is 0.244 e. The van der Waals surface area contributed by atoms with Crippen LogP contribution in [0.2, 0.25) is 0 Å². The van der Waals surface area contributed by atoms with Gasteiger partial charge in [0.2, 0.25) is 11.8 Å². The van der Waals surface area contributed by atoms with Crippen molar-refractivity contribution in [2.24, 2.45) is 5.73 Å². The molecule has 3 N–H and O–H groups in total. The molecule has 0 aliphatic rings. The normalized spacial score (nSPS) is 11.0. The zero-order valence-electron chi connectivity index (χ0n) is 12.5. The predicted octanol–water partition coefficient (Wildman–Crippen LogP) is 1.25. The molecule has 0 spiro atoms. The monoisotopic (exact) mass is 315 g/mol. The summed E-state index contributed by atoms with van der Waals surface area (Å²) in [6.45, 7) is 3.80. The van der Waals surface area contributed by atoms with Gasteiger partial charge in [0.05, 0.1) is 25.4 Å². The summed E-state index contributed by atoms with van der Waals surface area (Å²) in [6.07, 6.45) is 0. The molecule has 2 amide bonds. The zero-order chi connectivity index (χ0) is 15.1. The second-order valence-electron chi connectivity index (χ2n) is 4.39. The van der Waals surface area contributed by atoms with Crippen LogP contribution < -0.4 is 15.8 Å². The molecule has 0 aliphatic carbocycles. The Hall–Kier alpha value is -1.79. The Labute approximate surface area is 131 Å². The van der Waals surface area contributed by atoms with Gasteiger partial charge in [-0.3, -0.25) is 9.59 Å². The number of rotatable bonds is 6. The molecule has 1 atom stereocenters. The van der Waals surface area contributed by atoms with E-state index in [4.69, 9.17) is 10.5 Å². The molecule has 0 aliphatic heterocycles. The number of nitrogens with one attached hydrogen (secondary N) is 1. The van der Waals surface area contributed by atoms with E-state index in [0.29, 0.717) is 18.0 Å². The van der Waals surface area contributed by atoms with Crippen molar-refractivity contribution in [3.05, 3.63) is 24.3 Å². The number of benzene rings is 1. The van der Waals surface area contributed by atoms with E-state index in [0.717, 1.165) is 0 Å². The van der Waals surface area contributed by atoms with Gasteiger partial charge >= 0.3 is 0 Å². The molecule has 0 saturated heterocycles. The lowest BCUT2D eigenvalue weighted by Gasteiger charge is -2.22. The SMILES string of the molecule is CCN(CC(=O)Nc1ccccc1OC)C(=O)C(C)N.Cl. The third-order valence-electron chi connectivity index (χ3n) is 2.80. The predicted molar refractivity (Wildman–Crippen MR) is 84.8 cm³/mol. The van der Waals surface area contributed by atoms with Crippen molar-refractivity contribution in [2.45, 2.75) is 19.9 Å². The molecule has 0 aromatic heterocycles. The van der Waals surface area contributed by atoms with Crippen molar-refractivity contribution in [1.29, 1.82) is 0 Å². The van der Waals surface area contributed by atoms with Gasteiger partial charge in [-0.25, -0.2) is 0 Å². The summed E-state index contributed by atoms with van der Waals surface area (Å²) < 4.78 is 5.15. The van der Waals surface area contributed by atoms with Crippen molar-refractivity contribution in [3.8, 4) is 5.75 Å². The van der Waals surface area contributed by atoms with E-state index in [9.17, 15) is 9.59 Å².